The zero-order valence-corrected chi connectivity index (χ0v) is 9.71. The van der Waals surface area contributed by atoms with Gasteiger partial charge in [-0.2, -0.15) is 0 Å². The van der Waals surface area contributed by atoms with E-state index in [2.05, 4.69) is 10.6 Å². The molecule has 1 aliphatic heterocycles. The summed E-state index contributed by atoms with van der Waals surface area (Å²) in [6.07, 6.45) is 3.27. The molecule has 0 aromatic rings. The van der Waals surface area contributed by atoms with Crippen LogP contribution >= 0.6 is 0 Å². The molecule has 15 heavy (non-hydrogen) atoms. The Morgan fingerprint density at radius 3 is 3.00 bits per heavy atom. The van der Waals surface area contributed by atoms with Gasteiger partial charge in [-0.15, -0.1) is 0 Å². The summed E-state index contributed by atoms with van der Waals surface area (Å²) in [6, 6.07) is 0.101. The van der Waals surface area contributed by atoms with E-state index in [-0.39, 0.29) is 18.0 Å². The van der Waals surface area contributed by atoms with Gasteiger partial charge in [0.25, 0.3) is 0 Å². The molecule has 1 rings (SSSR count). The van der Waals surface area contributed by atoms with Gasteiger partial charge in [-0.25, -0.2) is 0 Å². The molecule has 2 N–H and O–H groups in total. The smallest absolute Gasteiger partial charge is 0.237 e. The third-order valence-electron chi connectivity index (χ3n) is 2.59. The molecule has 1 amide bonds. The van der Waals surface area contributed by atoms with Crippen LogP contribution in [0.3, 0.4) is 0 Å². The molecule has 0 spiro atoms. The second kappa shape index (κ2) is 6.80. The number of carbonyl (C=O) groups is 1. The Hall–Kier alpha value is -0.610. The maximum absolute atomic E-state index is 11.7. The van der Waals surface area contributed by atoms with E-state index in [0.717, 1.165) is 19.4 Å². The number of nitrogens with one attached hydrogen (secondary N) is 2. The highest BCUT2D eigenvalue weighted by atomic mass is 16.5. The summed E-state index contributed by atoms with van der Waals surface area (Å²) in [4.78, 5) is 11.7. The summed E-state index contributed by atoms with van der Waals surface area (Å²) < 4.78 is 5.25. The van der Waals surface area contributed by atoms with Crippen molar-refractivity contribution in [2.24, 2.45) is 0 Å². The van der Waals surface area contributed by atoms with Crippen LogP contribution in [0.5, 0.6) is 0 Å². The van der Waals surface area contributed by atoms with Crippen molar-refractivity contribution in [3.63, 3.8) is 0 Å². The van der Waals surface area contributed by atoms with Crippen LogP contribution in [-0.4, -0.2) is 37.7 Å². The molecule has 0 saturated carbocycles. The lowest BCUT2D eigenvalue weighted by Crippen LogP contribution is -2.49. The molecule has 88 valence electrons. The predicted octanol–water partition coefficient (Wildman–Crippen LogP) is 0.670. The SMILES string of the molecule is CCOCC(C)NC(=O)[C@H]1CCCCN1. The molecule has 0 aliphatic carbocycles. The van der Waals surface area contributed by atoms with Gasteiger partial charge in [0.2, 0.25) is 5.91 Å². The zero-order chi connectivity index (χ0) is 11.1. The summed E-state index contributed by atoms with van der Waals surface area (Å²) in [7, 11) is 0. The minimum absolute atomic E-state index is 0.00262. The van der Waals surface area contributed by atoms with E-state index in [1.165, 1.54) is 6.42 Å². The normalized spacial score (nSPS) is 23.5. The van der Waals surface area contributed by atoms with Gasteiger partial charge in [0.05, 0.1) is 12.6 Å². The third-order valence-corrected chi connectivity index (χ3v) is 2.59. The zero-order valence-electron chi connectivity index (χ0n) is 9.71. The van der Waals surface area contributed by atoms with Gasteiger partial charge in [-0.1, -0.05) is 6.42 Å². The Morgan fingerprint density at radius 2 is 2.40 bits per heavy atom. The van der Waals surface area contributed by atoms with E-state index in [0.29, 0.717) is 13.2 Å². The average molecular weight is 214 g/mol. The molecule has 0 aromatic carbocycles. The van der Waals surface area contributed by atoms with Crippen LogP contribution in [0.15, 0.2) is 0 Å². The molecular formula is C11H22N2O2. The topological polar surface area (TPSA) is 50.4 Å². The minimum Gasteiger partial charge on any atom is -0.380 e. The van der Waals surface area contributed by atoms with Crippen LogP contribution < -0.4 is 10.6 Å². The van der Waals surface area contributed by atoms with Crippen LogP contribution in [0.2, 0.25) is 0 Å². The Balaban J connectivity index is 2.21. The Bertz CT molecular complexity index is 191. The van der Waals surface area contributed by atoms with E-state index >= 15 is 0 Å². The average Bonchev–Trinajstić information content (AvgIpc) is 2.27. The molecule has 0 radical (unpaired) electrons. The van der Waals surface area contributed by atoms with Gasteiger partial charge in [0.1, 0.15) is 0 Å². The molecule has 4 heteroatoms. The van der Waals surface area contributed by atoms with Gasteiger partial charge in [-0.3, -0.25) is 4.79 Å². The van der Waals surface area contributed by atoms with Crippen molar-refractivity contribution in [3.05, 3.63) is 0 Å². The van der Waals surface area contributed by atoms with Gasteiger partial charge >= 0.3 is 0 Å². The molecule has 1 saturated heterocycles. The van der Waals surface area contributed by atoms with Crippen molar-refractivity contribution < 1.29 is 9.53 Å². The number of amides is 1. The Labute approximate surface area is 91.8 Å². The van der Waals surface area contributed by atoms with Crippen LogP contribution in [0.1, 0.15) is 33.1 Å². The first-order chi connectivity index (χ1) is 7.24. The Kier molecular flexibility index (Phi) is 5.65. The van der Waals surface area contributed by atoms with E-state index in [4.69, 9.17) is 4.74 Å². The highest BCUT2D eigenvalue weighted by Gasteiger charge is 2.21. The predicted molar refractivity (Wildman–Crippen MR) is 59.7 cm³/mol. The minimum atomic E-state index is 0.00262. The summed E-state index contributed by atoms with van der Waals surface area (Å²) in [5.74, 6) is 0.113. The second-order valence-corrected chi connectivity index (χ2v) is 4.07. The Morgan fingerprint density at radius 1 is 1.60 bits per heavy atom. The molecule has 0 aromatic heterocycles. The number of piperidine rings is 1. The van der Waals surface area contributed by atoms with E-state index < -0.39 is 0 Å². The molecule has 0 bridgehead atoms. The molecule has 1 aliphatic rings. The molecule has 1 fully saturated rings. The lowest BCUT2D eigenvalue weighted by Gasteiger charge is -2.24. The monoisotopic (exact) mass is 214 g/mol. The summed E-state index contributed by atoms with van der Waals surface area (Å²) in [6.45, 7) is 6.17. The quantitative estimate of drug-likeness (QED) is 0.707. The maximum atomic E-state index is 11.7. The lowest BCUT2D eigenvalue weighted by atomic mass is 10.0. The van der Waals surface area contributed by atoms with Crippen LogP contribution in [0.4, 0.5) is 0 Å². The number of hydrogen-bond acceptors (Lipinski definition) is 3. The fourth-order valence-corrected chi connectivity index (χ4v) is 1.76. The highest BCUT2D eigenvalue weighted by molar-refractivity contribution is 5.82. The number of ether oxygens (including phenoxy) is 1. The van der Waals surface area contributed by atoms with Crippen LogP contribution in [-0.2, 0) is 9.53 Å². The number of carbonyl (C=O) groups excluding carboxylic acids is 1. The van der Waals surface area contributed by atoms with Gasteiger partial charge in [-0.05, 0) is 33.2 Å². The maximum Gasteiger partial charge on any atom is 0.237 e. The van der Waals surface area contributed by atoms with Gasteiger partial charge in [0, 0.05) is 12.6 Å². The van der Waals surface area contributed by atoms with Gasteiger partial charge in [0.15, 0.2) is 0 Å². The fourth-order valence-electron chi connectivity index (χ4n) is 1.76. The van der Waals surface area contributed by atoms with Crippen molar-refractivity contribution in [1.29, 1.82) is 0 Å². The first kappa shape index (κ1) is 12.5. The van der Waals surface area contributed by atoms with Crippen molar-refractivity contribution >= 4 is 5.91 Å². The molecule has 1 heterocycles. The molecular weight excluding hydrogens is 192 g/mol. The first-order valence-electron chi connectivity index (χ1n) is 5.85. The van der Waals surface area contributed by atoms with Crippen LogP contribution in [0.25, 0.3) is 0 Å². The molecule has 1 unspecified atom stereocenters. The van der Waals surface area contributed by atoms with Gasteiger partial charge < -0.3 is 15.4 Å². The largest absolute Gasteiger partial charge is 0.380 e. The van der Waals surface area contributed by atoms with Crippen molar-refractivity contribution in [1.82, 2.24) is 10.6 Å². The fraction of sp³-hybridized carbons (Fsp3) is 0.909. The standard InChI is InChI=1S/C11H22N2O2/c1-3-15-8-9(2)13-11(14)10-6-4-5-7-12-10/h9-10,12H,3-8H2,1-2H3,(H,13,14)/t9?,10-/m1/s1. The van der Waals surface area contributed by atoms with Crippen molar-refractivity contribution in [2.75, 3.05) is 19.8 Å². The van der Waals surface area contributed by atoms with Crippen molar-refractivity contribution in [2.45, 2.75) is 45.2 Å². The molecule has 2 atom stereocenters. The third kappa shape index (κ3) is 4.62. The number of hydrogen-bond donors (Lipinski definition) is 2. The second-order valence-electron chi connectivity index (χ2n) is 4.07. The highest BCUT2D eigenvalue weighted by Crippen LogP contribution is 2.06. The molecule has 4 nitrogen and oxygen atoms in total. The summed E-state index contributed by atoms with van der Waals surface area (Å²) >= 11 is 0. The lowest BCUT2D eigenvalue weighted by molar-refractivity contribution is -0.124. The van der Waals surface area contributed by atoms with Crippen molar-refractivity contribution in [3.8, 4) is 0 Å². The van der Waals surface area contributed by atoms with Crippen LogP contribution in [0, 0.1) is 0 Å². The van der Waals surface area contributed by atoms with E-state index in [1.807, 2.05) is 13.8 Å². The summed E-state index contributed by atoms with van der Waals surface area (Å²) in [5.41, 5.74) is 0. The number of rotatable bonds is 5. The first-order valence-corrected chi connectivity index (χ1v) is 5.85. The summed E-state index contributed by atoms with van der Waals surface area (Å²) in [5, 5.41) is 6.19. The van der Waals surface area contributed by atoms with E-state index in [1.54, 1.807) is 0 Å². The van der Waals surface area contributed by atoms with E-state index in [9.17, 15) is 4.79 Å².